The molecule has 0 atom stereocenters. The van der Waals surface area contributed by atoms with Crippen LogP contribution in [-0.4, -0.2) is 19.7 Å². The first-order valence-electron chi connectivity index (χ1n) is 5.48. The number of aromatic nitrogens is 1. The van der Waals surface area contributed by atoms with Gasteiger partial charge < -0.3 is 4.74 Å². The lowest BCUT2D eigenvalue weighted by atomic mass is 10.2. The number of ether oxygens (including phenoxy) is 1. The summed E-state index contributed by atoms with van der Waals surface area (Å²) in [5, 5.41) is 0. The third-order valence-electron chi connectivity index (χ3n) is 2.44. The van der Waals surface area contributed by atoms with E-state index < -0.39 is 9.84 Å². The van der Waals surface area contributed by atoms with Gasteiger partial charge in [0.25, 0.3) is 0 Å². The fourth-order valence-electron chi connectivity index (χ4n) is 1.44. The van der Waals surface area contributed by atoms with Crippen molar-refractivity contribution in [3.05, 3.63) is 52.6 Å². The van der Waals surface area contributed by atoms with E-state index in [1.165, 1.54) is 6.26 Å². The quantitative estimate of drug-likeness (QED) is 0.857. The smallest absolute Gasteiger partial charge is 0.213 e. The summed E-state index contributed by atoms with van der Waals surface area (Å²) in [7, 11) is -3.15. The lowest BCUT2D eigenvalue weighted by Gasteiger charge is -2.06. The van der Waals surface area contributed by atoms with Crippen LogP contribution in [0.3, 0.4) is 0 Å². The summed E-state index contributed by atoms with van der Waals surface area (Å²) in [5.41, 5.74) is 0.886. The molecule has 0 amide bonds. The molecule has 19 heavy (non-hydrogen) atoms. The highest BCUT2D eigenvalue weighted by molar-refractivity contribution is 9.10. The fourth-order valence-corrected chi connectivity index (χ4v) is 2.30. The fraction of sp³-hybridized carbons (Fsp3) is 0.154. The van der Waals surface area contributed by atoms with Crippen molar-refractivity contribution in [2.24, 2.45) is 0 Å². The highest BCUT2D eigenvalue weighted by Crippen LogP contribution is 2.15. The molecule has 1 heterocycles. The average molecular weight is 342 g/mol. The van der Waals surface area contributed by atoms with Crippen molar-refractivity contribution in [1.82, 2.24) is 4.98 Å². The SMILES string of the molecule is CS(=O)(=O)c1ccc(COc2ccc(Br)cn2)cc1. The van der Waals surface area contributed by atoms with Crippen LogP contribution in [0, 0.1) is 0 Å². The van der Waals surface area contributed by atoms with Gasteiger partial charge in [0.15, 0.2) is 9.84 Å². The molecule has 4 nitrogen and oxygen atoms in total. The van der Waals surface area contributed by atoms with Gasteiger partial charge in [-0.05, 0) is 39.7 Å². The number of halogens is 1. The molecule has 6 heteroatoms. The predicted octanol–water partition coefficient (Wildman–Crippen LogP) is 2.83. The molecule has 1 aromatic carbocycles. The number of hydrogen-bond acceptors (Lipinski definition) is 4. The summed E-state index contributed by atoms with van der Waals surface area (Å²) in [4.78, 5) is 4.39. The summed E-state index contributed by atoms with van der Waals surface area (Å²) in [6.45, 7) is 0.346. The molecule has 0 N–H and O–H groups in total. The van der Waals surface area contributed by atoms with E-state index in [0.29, 0.717) is 17.4 Å². The van der Waals surface area contributed by atoms with Crippen LogP contribution in [0.4, 0.5) is 0 Å². The van der Waals surface area contributed by atoms with Crippen LogP contribution in [0.15, 0.2) is 52.0 Å². The van der Waals surface area contributed by atoms with E-state index in [2.05, 4.69) is 20.9 Å². The van der Waals surface area contributed by atoms with Crippen LogP contribution < -0.4 is 4.74 Å². The Bertz CT molecular complexity index is 651. The van der Waals surface area contributed by atoms with Crippen LogP contribution in [0.1, 0.15) is 5.56 Å². The molecule has 0 saturated heterocycles. The van der Waals surface area contributed by atoms with E-state index >= 15 is 0 Å². The number of nitrogens with zero attached hydrogens (tertiary/aromatic N) is 1. The molecular weight excluding hydrogens is 330 g/mol. The highest BCUT2D eigenvalue weighted by atomic mass is 79.9. The Morgan fingerprint density at radius 3 is 2.37 bits per heavy atom. The van der Waals surface area contributed by atoms with Crippen LogP contribution >= 0.6 is 15.9 Å². The molecular formula is C13H12BrNO3S. The van der Waals surface area contributed by atoms with E-state index in [1.54, 1.807) is 36.5 Å². The van der Waals surface area contributed by atoms with E-state index in [9.17, 15) is 8.42 Å². The highest BCUT2D eigenvalue weighted by Gasteiger charge is 2.06. The summed E-state index contributed by atoms with van der Waals surface area (Å²) < 4.78 is 29.0. The van der Waals surface area contributed by atoms with E-state index in [4.69, 9.17) is 4.74 Å². The molecule has 0 spiro atoms. The lowest BCUT2D eigenvalue weighted by Crippen LogP contribution is -1.99. The Labute approximate surface area is 120 Å². The zero-order valence-corrected chi connectivity index (χ0v) is 12.6. The van der Waals surface area contributed by atoms with Crippen molar-refractivity contribution in [1.29, 1.82) is 0 Å². The Kier molecular flexibility index (Phi) is 4.21. The molecule has 0 aliphatic heterocycles. The number of rotatable bonds is 4. The second kappa shape index (κ2) is 5.71. The minimum atomic E-state index is -3.15. The van der Waals surface area contributed by atoms with Crippen molar-refractivity contribution >= 4 is 25.8 Å². The van der Waals surface area contributed by atoms with E-state index in [-0.39, 0.29) is 0 Å². The number of pyridine rings is 1. The Morgan fingerprint density at radius 2 is 1.84 bits per heavy atom. The normalized spacial score (nSPS) is 11.3. The maximum atomic E-state index is 11.3. The molecule has 2 aromatic rings. The van der Waals surface area contributed by atoms with Gasteiger partial charge in [-0.15, -0.1) is 0 Å². The predicted molar refractivity (Wildman–Crippen MR) is 75.8 cm³/mol. The topological polar surface area (TPSA) is 56.3 Å². The second-order valence-electron chi connectivity index (χ2n) is 4.02. The van der Waals surface area contributed by atoms with Crippen molar-refractivity contribution in [2.45, 2.75) is 11.5 Å². The van der Waals surface area contributed by atoms with Crippen molar-refractivity contribution < 1.29 is 13.2 Å². The first-order chi connectivity index (χ1) is 8.95. The molecule has 0 unspecified atom stereocenters. The third-order valence-corrected chi connectivity index (χ3v) is 4.04. The summed E-state index contributed by atoms with van der Waals surface area (Å²) in [6, 6.07) is 10.2. The Morgan fingerprint density at radius 1 is 1.16 bits per heavy atom. The Balaban J connectivity index is 2.02. The van der Waals surface area contributed by atoms with Gasteiger partial charge in [-0.1, -0.05) is 12.1 Å². The van der Waals surface area contributed by atoms with Gasteiger partial charge in [0.1, 0.15) is 6.61 Å². The minimum absolute atomic E-state index is 0.304. The molecule has 0 radical (unpaired) electrons. The molecule has 0 fully saturated rings. The summed E-state index contributed by atoms with van der Waals surface area (Å²) in [6.07, 6.45) is 2.84. The molecule has 0 aliphatic rings. The van der Waals surface area contributed by atoms with Gasteiger partial charge in [-0.25, -0.2) is 13.4 Å². The molecule has 0 bridgehead atoms. The molecule has 1 aromatic heterocycles. The van der Waals surface area contributed by atoms with Gasteiger partial charge in [0.2, 0.25) is 5.88 Å². The van der Waals surface area contributed by atoms with Crippen molar-refractivity contribution in [3.8, 4) is 5.88 Å². The van der Waals surface area contributed by atoms with Crippen LogP contribution in [0.5, 0.6) is 5.88 Å². The molecule has 100 valence electrons. The second-order valence-corrected chi connectivity index (χ2v) is 6.95. The van der Waals surface area contributed by atoms with Gasteiger partial charge >= 0.3 is 0 Å². The third kappa shape index (κ3) is 4.04. The molecule has 0 aliphatic carbocycles. The maximum absolute atomic E-state index is 11.3. The summed E-state index contributed by atoms with van der Waals surface area (Å²) >= 11 is 3.29. The summed E-state index contributed by atoms with van der Waals surface area (Å²) in [5.74, 6) is 0.524. The zero-order valence-electron chi connectivity index (χ0n) is 10.2. The zero-order chi connectivity index (χ0) is 13.9. The van der Waals surface area contributed by atoms with E-state index in [0.717, 1.165) is 10.0 Å². The average Bonchev–Trinajstić information content (AvgIpc) is 2.37. The van der Waals surface area contributed by atoms with Gasteiger partial charge in [0, 0.05) is 23.0 Å². The lowest BCUT2D eigenvalue weighted by molar-refractivity contribution is 0.293. The standard InChI is InChI=1S/C13H12BrNO3S/c1-19(16,17)12-5-2-10(3-6-12)9-18-13-7-4-11(14)8-15-13/h2-8H,9H2,1H3. The maximum Gasteiger partial charge on any atom is 0.213 e. The van der Waals surface area contributed by atoms with Crippen LogP contribution in [0.25, 0.3) is 0 Å². The minimum Gasteiger partial charge on any atom is -0.473 e. The van der Waals surface area contributed by atoms with Crippen molar-refractivity contribution in [2.75, 3.05) is 6.26 Å². The number of benzene rings is 1. The van der Waals surface area contributed by atoms with Crippen LogP contribution in [-0.2, 0) is 16.4 Å². The first kappa shape index (κ1) is 14.0. The Hall–Kier alpha value is -1.40. The number of hydrogen-bond donors (Lipinski definition) is 0. The van der Waals surface area contributed by atoms with Crippen LogP contribution in [0.2, 0.25) is 0 Å². The largest absolute Gasteiger partial charge is 0.473 e. The monoisotopic (exact) mass is 341 g/mol. The molecule has 0 saturated carbocycles. The number of sulfone groups is 1. The first-order valence-corrected chi connectivity index (χ1v) is 8.17. The van der Waals surface area contributed by atoms with Gasteiger partial charge in [-0.3, -0.25) is 0 Å². The molecule has 2 rings (SSSR count). The van der Waals surface area contributed by atoms with Gasteiger partial charge in [-0.2, -0.15) is 0 Å². The van der Waals surface area contributed by atoms with Gasteiger partial charge in [0.05, 0.1) is 4.90 Å². The van der Waals surface area contributed by atoms with Crippen molar-refractivity contribution in [3.63, 3.8) is 0 Å². The van der Waals surface area contributed by atoms with E-state index in [1.807, 2.05) is 6.07 Å².